The molecule has 0 radical (unpaired) electrons. The van der Waals surface area contributed by atoms with Gasteiger partial charge in [0.25, 0.3) is 5.91 Å². The molecule has 1 amide bonds. The molecule has 0 aromatic heterocycles. The van der Waals surface area contributed by atoms with E-state index in [4.69, 9.17) is 4.74 Å². The fourth-order valence-electron chi connectivity index (χ4n) is 1.88. The molecule has 4 nitrogen and oxygen atoms in total. The van der Waals surface area contributed by atoms with Crippen molar-refractivity contribution in [1.29, 1.82) is 0 Å². The Morgan fingerprint density at radius 1 is 1.28 bits per heavy atom. The first-order valence-electron chi connectivity index (χ1n) is 6.30. The number of amides is 1. The minimum absolute atomic E-state index is 0.0813. The van der Waals surface area contributed by atoms with Crippen molar-refractivity contribution in [2.45, 2.75) is 26.7 Å². The van der Waals surface area contributed by atoms with E-state index in [9.17, 15) is 9.90 Å². The summed E-state index contributed by atoms with van der Waals surface area (Å²) in [5.41, 5.74) is 0.302. The first-order valence-corrected chi connectivity index (χ1v) is 6.30. The highest BCUT2D eigenvalue weighted by atomic mass is 16.5. The zero-order chi connectivity index (χ0) is 13.5. The number of ether oxygens (including phenoxy) is 1. The Morgan fingerprint density at radius 3 is 2.39 bits per heavy atom. The Balaban J connectivity index is 3.00. The van der Waals surface area contributed by atoms with Crippen LogP contribution < -0.4 is 4.74 Å². The van der Waals surface area contributed by atoms with Crippen LogP contribution in [0.1, 0.15) is 37.0 Å². The number of phenols is 1. The highest BCUT2D eigenvalue weighted by Gasteiger charge is 2.19. The monoisotopic (exact) mass is 251 g/mol. The number of rotatable bonds is 6. The Hall–Kier alpha value is -1.71. The fourth-order valence-corrected chi connectivity index (χ4v) is 1.88. The molecule has 0 saturated heterocycles. The zero-order valence-corrected chi connectivity index (χ0v) is 11.3. The lowest BCUT2D eigenvalue weighted by Gasteiger charge is -2.22. The summed E-state index contributed by atoms with van der Waals surface area (Å²) < 4.78 is 5.01. The molecule has 0 spiro atoms. The zero-order valence-electron chi connectivity index (χ0n) is 11.3. The predicted molar refractivity (Wildman–Crippen MR) is 71.1 cm³/mol. The van der Waals surface area contributed by atoms with E-state index in [1.54, 1.807) is 23.1 Å². The molecule has 0 bridgehead atoms. The molecule has 18 heavy (non-hydrogen) atoms. The second kappa shape index (κ2) is 6.89. The van der Waals surface area contributed by atoms with Crippen molar-refractivity contribution in [3.05, 3.63) is 23.8 Å². The minimum Gasteiger partial charge on any atom is -0.504 e. The van der Waals surface area contributed by atoms with Gasteiger partial charge in [0.2, 0.25) is 0 Å². The molecule has 1 rings (SSSR count). The summed E-state index contributed by atoms with van der Waals surface area (Å²) in [7, 11) is 1.47. The Labute approximate surface area is 108 Å². The maximum absolute atomic E-state index is 12.3. The maximum atomic E-state index is 12.3. The standard InChI is InChI=1S/C14H21NO3/c1-4-9-15(10-5-2)14(17)11-7-6-8-12(18-3)13(11)16/h6-8,16H,4-5,9-10H2,1-3H3. The predicted octanol–water partition coefficient (Wildman–Crippen LogP) is 2.66. The molecular weight excluding hydrogens is 230 g/mol. The lowest BCUT2D eigenvalue weighted by Crippen LogP contribution is -2.32. The lowest BCUT2D eigenvalue weighted by molar-refractivity contribution is 0.0752. The van der Waals surface area contributed by atoms with Gasteiger partial charge in [0.15, 0.2) is 11.5 Å². The second-order valence-corrected chi connectivity index (χ2v) is 4.15. The number of carbonyl (C=O) groups excluding carboxylic acids is 1. The van der Waals surface area contributed by atoms with Crippen LogP contribution in [0.25, 0.3) is 0 Å². The normalized spacial score (nSPS) is 10.2. The van der Waals surface area contributed by atoms with Gasteiger partial charge in [0.05, 0.1) is 12.7 Å². The molecular formula is C14H21NO3. The number of carbonyl (C=O) groups is 1. The summed E-state index contributed by atoms with van der Waals surface area (Å²) >= 11 is 0. The Morgan fingerprint density at radius 2 is 1.89 bits per heavy atom. The molecule has 1 N–H and O–H groups in total. The van der Waals surface area contributed by atoms with Crippen molar-refractivity contribution in [1.82, 2.24) is 4.90 Å². The number of benzene rings is 1. The number of aromatic hydroxyl groups is 1. The molecule has 0 aliphatic heterocycles. The topological polar surface area (TPSA) is 49.8 Å². The van der Waals surface area contributed by atoms with Gasteiger partial charge in [-0.15, -0.1) is 0 Å². The number of nitrogens with zero attached hydrogens (tertiary/aromatic N) is 1. The molecule has 4 heteroatoms. The first-order chi connectivity index (χ1) is 8.65. The van der Waals surface area contributed by atoms with E-state index in [-0.39, 0.29) is 11.7 Å². The highest BCUT2D eigenvalue weighted by molar-refractivity contribution is 5.97. The molecule has 0 aliphatic carbocycles. The molecule has 100 valence electrons. The summed E-state index contributed by atoms with van der Waals surface area (Å²) in [5.74, 6) is 0.103. The van der Waals surface area contributed by atoms with E-state index in [1.165, 1.54) is 7.11 Å². The van der Waals surface area contributed by atoms with Gasteiger partial charge in [0, 0.05) is 13.1 Å². The number of phenolic OH excluding ortho intramolecular Hbond substituents is 1. The number of para-hydroxylation sites is 1. The Bertz CT molecular complexity index is 398. The van der Waals surface area contributed by atoms with Crippen LogP contribution in [0.2, 0.25) is 0 Å². The summed E-state index contributed by atoms with van der Waals surface area (Å²) in [4.78, 5) is 14.1. The third-order valence-electron chi connectivity index (χ3n) is 2.72. The van der Waals surface area contributed by atoms with Crippen LogP contribution in [-0.2, 0) is 0 Å². The van der Waals surface area contributed by atoms with Crippen LogP contribution in [0.15, 0.2) is 18.2 Å². The summed E-state index contributed by atoms with van der Waals surface area (Å²) in [6, 6.07) is 4.97. The minimum atomic E-state index is -0.143. The summed E-state index contributed by atoms with van der Waals surface area (Å²) in [6.07, 6.45) is 1.80. The van der Waals surface area contributed by atoms with Gasteiger partial charge < -0.3 is 14.7 Å². The van der Waals surface area contributed by atoms with Gasteiger partial charge in [-0.2, -0.15) is 0 Å². The van der Waals surface area contributed by atoms with E-state index in [0.717, 1.165) is 12.8 Å². The van der Waals surface area contributed by atoms with Gasteiger partial charge in [-0.05, 0) is 25.0 Å². The molecule has 1 aromatic carbocycles. The molecule has 0 fully saturated rings. The van der Waals surface area contributed by atoms with Crippen LogP contribution in [0.4, 0.5) is 0 Å². The first kappa shape index (κ1) is 14.4. The van der Waals surface area contributed by atoms with Gasteiger partial charge in [0.1, 0.15) is 0 Å². The van der Waals surface area contributed by atoms with Crippen molar-refractivity contribution in [3.8, 4) is 11.5 Å². The number of hydrogen-bond donors (Lipinski definition) is 1. The quantitative estimate of drug-likeness (QED) is 0.845. The highest BCUT2D eigenvalue weighted by Crippen LogP contribution is 2.30. The van der Waals surface area contributed by atoms with Crippen LogP contribution in [0.3, 0.4) is 0 Å². The van der Waals surface area contributed by atoms with E-state index in [1.807, 2.05) is 13.8 Å². The number of methoxy groups -OCH3 is 1. The molecule has 0 atom stereocenters. The van der Waals surface area contributed by atoms with E-state index in [2.05, 4.69) is 0 Å². The Kier molecular flexibility index (Phi) is 5.49. The SMILES string of the molecule is CCCN(CCC)C(=O)c1cccc(OC)c1O. The molecule has 0 aliphatic rings. The van der Waals surface area contributed by atoms with E-state index in [0.29, 0.717) is 24.4 Å². The number of hydrogen-bond acceptors (Lipinski definition) is 3. The van der Waals surface area contributed by atoms with Crippen molar-refractivity contribution in [2.24, 2.45) is 0 Å². The van der Waals surface area contributed by atoms with E-state index >= 15 is 0 Å². The van der Waals surface area contributed by atoms with Crippen LogP contribution in [0.5, 0.6) is 11.5 Å². The fraction of sp³-hybridized carbons (Fsp3) is 0.500. The van der Waals surface area contributed by atoms with Crippen LogP contribution in [-0.4, -0.2) is 36.1 Å². The molecule has 0 unspecified atom stereocenters. The summed E-state index contributed by atoms with van der Waals surface area (Å²) in [6.45, 7) is 5.45. The average molecular weight is 251 g/mol. The van der Waals surface area contributed by atoms with E-state index < -0.39 is 0 Å². The van der Waals surface area contributed by atoms with Crippen molar-refractivity contribution in [3.63, 3.8) is 0 Å². The molecule has 0 heterocycles. The van der Waals surface area contributed by atoms with Gasteiger partial charge in [-0.25, -0.2) is 0 Å². The molecule has 1 aromatic rings. The maximum Gasteiger partial charge on any atom is 0.257 e. The molecule has 0 saturated carbocycles. The van der Waals surface area contributed by atoms with Crippen molar-refractivity contribution in [2.75, 3.05) is 20.2 Å². The van der Waals surface area contributed by atoms with Gasteiger partial charge in [-0.3, -0.25) is 4.79 Å². The van der Waals surface area contributed by atoms with Gasteiger partial charge in [-0.1, -0.05) is 19.9 Å². The van der Waals surface area contributed by atoms with Crippen molar-refractivity contribution < 1.29 is 14.6 Å². The van der Waals surface area contributed by atoms with Gasteiger partial charge >= 0.3 is 0 Å². The van der Waals surface area contributed by atoms with Crippen LogP contribution in [0, 0.1) is 0 Å². The average Bonchev–Trinajstić information content (AvgIpc) is 2.38. The third kappa shape index (κ3) is 3.15. The largest absolute Gasteiger partial charge is 0.504 e. The smallest absolute Gasteiger partial charge is 0.257 e. The van der Waals surface area contributed by atoms with Crippen LogP contribution >= 0.6 is 0 Å². The third-order valence-corrected chi connectivity index (χ3v) is 2.72. The second-order valence-electron chi connectivity index (χ2n) is 4.15. The lowest BCUT2D eigenvalue weighted by atomic mass is 10.1. The van der Waals surface area contributed by atoms with Crippen molar-refractivity contribution >= 4 is 5.91 Å². The summed E-state index contributed by atoms with van der Waals surface area (Å²) in [5, 5.41) is 9.97.